The monoisotopic (exact) mass is 336 g/mol. The fraction of sp³-hybridized carbons (Fsp3) is 0.647. The molecule has 1 amide bonds. The van der Waals surface area contributed by atoms with E-state index in [0.717, 1.165) is 32.7 Å². The van der Waals surface area contributed by atoms with E-state index in [4.69, 9.17) is 0 Å². The second-order valence-electron chi connectivity index (χ2n) is 6.95. The second-order valence-corrected chi connectivity index (χ2v) is 7.98. The van der Waals surface area contributed by atoms with Gasteiger partial charge in [0.15, 0.2) is 6.54 Å². The van der Waals surface area contributed by atoms with Crippen molar-refractivity contribution in [3.05, 3.63) is 22.4 Å². The number of quaternary nitrogens is 2. The van der Waals surface area contributed by atoms with Gasteiger partial charge in [0.1, 0.15) is 38.3 Å². The van der Waals surface area contributed by atoms with Crippen LogP contribution in [0.2, 0.25) is 0 Å². The van der Waals surface area contributed by atoms with Crippen LogP contribution in [-0.4, -0.2) is 44.2 Å². The van der Waals surface area contributed by atoms with E-state index in [9.17, 15) is 10.1 Å². The Hall–Kier alpha value is -1.42. The highest BCUT2D eigenvalue weighted by Gasteiger charge is 2.32. The molecule has 3 N–H and O–H groups in total. The van der Waals surface area contributed by atoms with Crippen molar-refractivity contribution in [1.82, 2.24) is 5.32 Å². The van der Waals surface area contributed by atoms with Crippen molar-refractivity contribution >= 4 is 17.2 Å². The smallest absolute Gasteiger partial charge is 0.276 e. The lowest BCUT2D eigenvalue weighted by atomic mass is 9.90. The molecule has 0 spiro atoms. The van der Waals surface area contributed by atoms with Gasteiger partial charge in [-0.25, -0.2) is 0 Å². The molecular formula is C17H28N4OS+2. The molecule has 1 aromatic heterocycles. The number of rotatable bonds is 6. The first-order valence-electron chi connectivity index (χ1n) is 8.34. The minimum absolute atomic E-state index is 0.0144. The third-order valence-electron chi connectivity index (χ3n) is 4.87. The highest BCUT2D eigenvalue weighted by molar-refractivity contribution is 7.09. The minimum atomic E-state index is -0.775. The molecule has 1 aliphatic rings. The molecule has 23 heavy (non-hydrogen) atoms. The van der Waals surface area contributed by atoms with Crippen LogP contribution in [0.25, 0.3) is 0 Å². The number of nitrogens with one attached hydrogen (secondary N) is 3. The predicted octanol–water partition coefficient (Wildman–Crippen LogP) is -0.914. The number of thiophene rings is 1. The van der Waals surface area contributed by atoms with Crippen LogP contribution < -0.4 is 15.1 Å². The summed E-state index contributed by atoms with van der Waals surface area (Å²) in [7, 11) is 0. The van der Waals surface area contributed by atoms with E-state index in [-0.39, 0.29) is 11.8 Å². The van der Waals surface area contributed by atoms with Crippen molar-refractivity contribution in [2.24, 2.45) is 5.92 Å². The third kappa shape index (κ3) is 5.03. The van der Waals surface area contributed by atoms with Gasteiger partial charge in [-0.3, -0.25) is 4.79 Å². The molecule has 0 aromatic carbocycles. The first-order chi connectivity index (χ1) is 10.9. The van der Waals surface area contributed by atoms with Gasteiger partial charge in [-0.15, -0.1) is 11.3 Å². The van der Waals surface area contributed by atoms with E-state index in [1.165, 1.54) is 9.78 Å². The van der Waals surface area contributed by atoms with Gasteiger partial charge >= 0.3 is 0 Å². The number of piperazine rings is 1. The molecule has 126 valence electrons. The molecule has 1 saturated heterocycles. The van der Waals surface area contributed by atoms with Gasteiger partial charge in [-0.1, -0.05) is 19.9 Å². The average Bonchev–Trinajstić information content (AvgIpc) is 3.01. The van der Waals surface area contributed by atoms with Gasteiger partial charge in [0.25, 0.3) is 5.91 Å². The number of nitriles is 1. The Kier molecular flexibility index (Phi) is 6.17. The fourth-order valence-corrected chi connectivity index (χ4v) is 3.61. The van der Waals surface area contributed by atoms with Crippen LogP contribution in [0, 0.1) is 17.2 Å². The summed E-state index contributed by atoms with van der Waals surface area (Å²) in [6.45, 7) is 11.5. The summed E-state index contributed by atoms with van der Waals surface area (Å²) in [6.07, 6.45) is 0. The van der Waals surface area contributed by atoms with Gasteiger partial charge < -0.3 is 15.1 Å². The molecule has 1 aliphatic heterocycles. The van der Waals surface area contributed by atoms with Crippen molar-refractivity contribution in [1.29, 1.82) is 5.26 Å². The molecule has 5 nitrogen and oxygen atoms in total. The van der Waals surface area contributed by atoms with Crippen LogP contribution in [0.15, 0.2) is 17.5 Å². The number of amides is 1. The summed E-state index contributed by atoms with van der Waals surface area (Å²) in [5.74, 6) is 0.0815. The van der Waals surface area contributed by atoms with Crippen LogP contribution in [0.5, 0.6) is 0 Å². The van der Waals surface area contributed by atoms with E-state index in [1.807, 2.05) is 25.2 Å². The summed E-state index contributed by atoms with van der Waals surface area (Å²) < 4.78 is 0. The quantitative estimate of drug-likeness (QED) is 0.630. The highest BCUT2D eigenvalue weighted by Crippen LogP contribution is 2.14. The zero-order chi connectivity index (χ0) is 16.9. The molecule has 1 aromatic rings. The number of carbonyl (C=O) groups is 1. The lowest BCUT2D eigenvalue weighted by Gasteiger charge is -2.31. The number of nitrogens with zero attached hydrogens (tertiary/aromatic N) is 1. The van der Waals surface area contributed by atoms with E-state index in [1.54, 1.807) is 11.8 Å². The first kappa shape index (κ1) is 17.9. The van der Waals surface area contributed by atoms with Crippen LogP contribution in [0.4, 0.5) is 0 Å². The molecule has 0 saturated carbocycles. The lowest BCUT2D eigenvalue weighted by molar-refractivity contribution is -1.01. The van der Waals surface area contributed by atoms with Gasteiger partial charge in [0.05, 0.1) is 10.9 Å². The van der Waals surface area contributed by atoms with E-state index >= 15 is 0 Å². The SMILES string of the molecule is CC(C)[C@](C)(C#N)NC(=O)C[NH+]1CC[NH+](Cc2cccs2)CC1. The molecule has 6 heteroatoms. The summed E-state index contributed by atoms with van der Waals surface area (Å²) in [6, 6.07) is 6.53. The van der Waals surface area contributed by atoms with Gasteiger partial charge in [0.2, 0.25) is 0 Å². The lowest BCUT2D eigenvalue weighted by Crippen LogP contribution is -3.28. The number of hydrogen-bond acceptors (Lipinski definition) is 3. The number of carbonyl (C=O) groups excluding carboxylic acids is 1. The van der Waals surface area contributed by atoms with Crippen molar-refractivity contribution < 1.29 is 14.6 Å². The van der Waals surface area contributed by atoms with Crippen LogP contribution >= 0.6 is 11.3 Å². The Morgan fingerprint density at radius 2 is 2.04 bits per heavy atom. The molecular weight excluding hydrogens is 308 g/mol. The fourth-order valence-electron chi connectivity index (χ4n) is 2.83. The van der Waals surface area contributed by atoms with Crippen molar-refractivity contribution in [3.8, 4) is 6.07 Å². The topological polar surface area (TPSA) is 61.8 Å². The molecule has 0 radical (unpaired) electrons. The van der Waals surface area contributed by atoms with E-state index < -0.39 is 5.54 Å². The first-order valence-corrected chi connectivity index (χ1v) is 9.22. The van der Waals surface area contributed by atoms with Crippen LogP contribution in [-0.2, 0) is 11.3 Å². The summed E-state index contributed by atoms with van der Waals surface area (Å²) in [4.78, 5) is 16.6. The Morgan fingerprint density at radius 1 is 1.39 bits per heavy atom. The zero-order valence-corrected chi connectivity index (χ0v) is 15.1. The van der Waals surface area contributed by atoms with Crippen LogP contribution in [0.1, 0.15) is 25.6 Å². The maximum Gasteiger partial charge on any atom is 0.276 e. The molecule has 1 fully saturated rings. The normalized spacial score (nSPS) is 24.0. The van der Waals surface area contributed by atoms with Crippen molar-refractivity contribution in [2.75, 3.05) is 32.7 Å². The summed E-state index contributed by atoms with van der Waals surface area (Å²) in [5.41, 5.74) is -0.775. The Balaban J connectivity index is 1.75. The zero-order valence-electron chi connectivity index (χ0n) is 14.3. The van der Waals surface area contributed by atoms with Gasteiger partial charge in [-0.2, -0.15) is 5.26 Å². The maximum atomic E-state index is 12.2. The van der Waals surface area contributed by atoms with E-state index in [0.29, 0.717) is 6.54 Å². The second kappa shape index (κ2) is 7.91. The molecule has 1 atom stereocenters. The predicted molar refractivity (Wildman–Crippen MR) is 91.3 cm³/mol. The third-order valence-corrected chi connectivity index (χ3v) is 5.74. The molecule has 0 bridgehead atoms. The number of hydrogen-bond donors (Lipinski definition) is 3. The highest BCUT2D eigenvalue weighted by atomic mass is 32.1. The van der Waals surface area contributed by atoms with Crippen molar-refractivity contribution in [3.63, 3.8) is 0 Å². The van der Waals surface area contributed by atoms with Gasteiger partial charge in [-0.05, 0) is 24.3 Å². The minimum Gasteiger partial charge on any atom is -0.333 e. The molecule has 2 heterocycles. The van der Waals surface area contributed by atoms with Crippen LogP contribution in [0.3, 0.4) is 0 Å². The summed E-state index contributed by atoms with van der Waals surface area (Å²) in [5, 5.41) is 14.3. The Labute approximate surface area is 142 Å². The van der Waals surface area contributed by atoms with Crippen molar-refractivity contribution in [2.45, 2.75) is 32.9 Å². The Bertz CT molecular complexity index is 543. The Morgan fingerprint density at radius 3 is 2.57 bits per heavy atom. The van der Waals surface area contributed by atoms with Gasteiger partial charge in [0, 0.05) is 0 Å². The standard InChI is InChI=1S/C17H26N4OS/c1-14(2)17(3,13-18)19-16(22)12-21-8-6-20(7-9-21)11-15-5-4-10-23-15/h4-5,10,14H,6-9,11-12H2,1-3H3,(H,19,22)/p+2/t17-/m0/s1. The molecule has 0 unspecified atom stereocenters. The van der Waals surface area contributed by atoms with E-state index in [2.05, 4.69) is 28.9 Å². The maximum absolute atomic E-state index is 12.2. The molecule has 2 rings (SSSR count). The largest absolute Gasteiger partial charge is 0.333 e. The summed E-state index contributed by atoms with van der Waals surface area (Å²) >= 11 is 1.82. The molecule has 0 aliphatic carbocycles. The average molecular weight is 337 g/mol.